The number of anilines is 1. The van der Waals surface area contributed by atoms with Crippen LogP contribution in [0, 0.1) is 11.7 Å². The van der Waals surface area contributed by atoms with Crippen LogP contribution in [0.5, 0.6) is 5.75 Å². The summed E-state index contributed by atoms with van der Waals surface area (Å²) in [6.07, 6.45) is 4.70. The summed E-state index contributed by atoms with van der Waals surface area (Å²) in [5, 5.41) is 4.77. The zero-order valence-electron chi connectivity index (χ0n) is 18.6. The first-order chi connectivity index (χ1) is 16.6. The fourth-order valence-corrected chi connectivity index (χ4v) is 5.27. The monoisotopic (exact) mass is 480 g/mol. The number of aromatic nitrogens is 2. The molecule has 1 atom stereocenters. The van der Waals surface area contributed by atoms with Crippen molar-refractivity contribution < 1.29 is 18.1 Å². The number of carbonyl (C=O) groups is 1. The van der Waals surface area contributed by atoms with Gasteiger partial charge in [0.2, 0.25) is 11.2 Å². The van der Waals surface area contributed by atoms with Crippen molar-refractivity contribution in [3.05, 3.63) is 65.6 Å². The number of ether oxygens (including phenoxy) is 1. The van der Waals surface area contributed by atoms with Gasteiger partial charge in [-0.3, -0.25) is 18.5 Å². The maximum atomic E-state index is 16.1. The summed E-state index contributed by atoms with van der Waals surface area (Å²) in [4.78, 5) is 11.9. The second-order valence-electron chi connectivity index (χ2n) is 9.21. The summed E-state index contributed by atoms with van der Waals surface area (Å²) >= 11 is -1.88. The van der Waals surface area contributed by atoms with E-state index in [0.29, 0.717) is 23.1 Å². The molecule has 1 N–H and O–H groups in total. The van der Waals surface area contributed by atoms with Crippen LogP contribution >= 0.6 is 0 Å². The molecule has 0 radical (unpaired) electrons. The molecule has 7 nitrogen and oxygen atoms in total. The van der Waals surface area contributed by atoms with Crippen LogP contribution in [-0.2, 0) is 29.1 Å². The van der Waals surface area contributed by atoms with E-state index in [9.17, 15) is 9.00 Å². The van der Waals surface area contributed by atoms with Crippen LogP contribution in [0.1, 0.15) is 42.9 Å². The molecule has 34 heavy (non-hydrogen) atoms. The maximum absolute atomic E-state index is 16.1. The van der Waals surface area contributed by atoms with Crippen LogP contribution in [0.25, 0.3) is 11.3 Å². The van der Waals surface area contributed by atoms with E-state index < -0.39 is 22.9 Å². The Morgan fingerprint density at radius 2 is 1.91 bits per heavy atom. The Bertz CT molecular complexity index is 1270. The van der Waals surface area contributed by atoms with Crippen molar-refractivity contribution in [3.63, 3.8) is 0 Å². The SMILES string of the molecule is O=C1CN(c2c(OCc3ccccc3)ccc(-c3cc(C4CC4)n(CC4CC4)n3)c2F)S(=O)N1. The molecule has 176 valence electrons. The van der Waals surface area contributed by atoms with Crippen molar-refractivity contribution in [1.82, 2.24) is 14.5 Å². The maximum Gasteiger partial charge on any atom is 0.253 e. The van der Waals surface area contributed by atoms with E-state index in [2.05, 4.69) is 4.72 Å². The molecule has 2 aromatic carbocycles. The van der Waals surface area contributed by atoms with Crippen molar-refractivity contribution in [2.24, 2.45) is 5.92 Å². The van der Waals surface area contributed by atoms with Crippen molar-refractivity contribution in [2.75, 3.05) is 10.8 Å². The summed E-state index contributed by atoms with van der Waals surface area (Å²) in [5.74, 6) is 0.359. The largest absolute Gasteiger partial charge is 0.487 e. The molecule has 0 bridgehead atoms. The van der Waals surface area contributed by atoms with Crippen LogP contribution in [0.3, 0.4) is 0 Å². The van der Waals surface area contributed by atoms with Gasteiger partial charge >= 0.3 is 0 Å². The van der Waals surface area contributed by atoms with Gasteiger partial charge < -0.3 is 4.74 Å². The molecule has 1 amide bonds. The molecule has 3 aromatic rings. The summed E-state index contributed by atoms with van der Waals surface area (Å²) < 4.78 is 40.2. The standard InChI is InChI=1S/C25H25FN4O3S/c26-24-19(20-12-21(18-8-9-18)29(27-20)13-16-6-7-16)10-11-22(33-15-17-4-2-1-3-5-17)25(24)30-14-23(31)28-34(30)32/h1-5,10-12,16,18H,6-9,13-15H2,(H,28,31). The minimum Gasteiger partial charge on any atom is -0.487 e. The van der Waals surface area contributed by atoms with E-state index >= 15 is 4.39 Å². The van der Waals surface area contributed by atoms with Crippen LogP contribution in [0.2, 0.25) is 0 Å². The number of rotatable bonds is 8. The molecule has 1 unspecified atom stereocenters. The molecular weight excluding hydrogens is 455 g/mol. The molecule has 2 aliphatic carbocycles. The number of amides is 1. The Labute approximate surface area is 199 Å². The van der Waals surface area contributed by atoms with Crippen LogP contribution in [0.15, 0.2) is 48.5 Å². The van der Waals surface area contributed by atoms with Crippen molar-refractivity contribution in [1.29, 1.82) is 0 Å². The fourth-order valence-electron chi connectivity index (χ4n) is 4.33. The second-order valence-corrected chi connectivity index (χ2v) is 10.4. The van der Waals surface area contributed by atoms with Crippen LogP contribution < -0.4 is 13.8 Å². The lowest BCUT2D eigenvalue weighted by Crippen LogP contribution is -2.24. The van der Waals surface area contributed by atoms with E-state index in [0.717, 1.165) is 30.6 Å². The van der Waals surface area contributed by atoms with Crippen molar-refractivity contribution in [2.45, 2.75) is 44.8 Å². The smallest absolute Gasteiger partial charge is 0.253 e. The second kappa shape index (κ2) is 8.54. The summed E-state index contributed by atoms with van der Waals surface area (Å²) in [5.41, 5.74) is 2.96. The first kappa shape index (κ1) is 21.3. The highest BCUT2D eigenvalue weighted by Crippen LogP contribution is 2.44. The number of nitrogens with zero attached hydrogens (tertiary/aromatic N) is 3. The molecule has 1 aliphatic heterocycles. The Balaban J connectivity index is 1.39. The van der Waals surface area contributed by atoms with Crippen LogP contribution in [0.4, 0.5) is 10.1 Å². The third-order valence-electron chi connectivity index (χ3n) is 6.46. The third-order valence-corrected chi connectivity index (χ3v) is 7.58. The Kier molecular flexibility index (Phi) is 5.36. The molecule has 6 rings (SSSR count). The minimum atomic E-state index is -1.88. The van der Waals surface area contributed by atoms with Gasteiger partial charge in [0.25, 0.3) is 5.91 Å². The van der Waals surface area contributed by atoms with Gasteiger partial charge in [0.05, 0.1) is 5.69 Å². The Morgan fingerprint density at radius 3 is 2.59 bits per heavy atom. The Morgan fingerprint density at radius 1 is 1.12 bits per heavy atom. The molecule has 2 heterocycles. The van der Waals surface area contributed by atoms with Gasteiger partial charge in [-0.05, 0) is 55.4 Å². The predicted molar refractivity (Wildman–Crippen MR) is 127 cm³/mol. The van der Waals surface area contributed by atoms with Gasteiger partial charge in [-0.25, -0.2) is 8.60 Å². The number of hydrogen-bond acceptors (Lipinski definition) is 4. The zero-order chi connectivity index (χ0) is 23.2. The Hall–Kier alpha value is -3.20. The molecule has 1 saturated heterocycles. The minimum absolute atomic E-state index is 0.00910. The average molecular weight is 481 g/mol. The van der Waals surface area contributed by atoms with Gasteiger partial charge in [-0.2, -0.15) is 5.10 Å². The molecule has 3 aliphatic rings. The quantitative estimate of drug-likeness (QED) is 0.527. The molecule has 1 aromatic heterocycles. The van der Waals surface area contributed by atoms with Crippen molar-refractivity contribution in [3.8, 4) is 17.0 Å². The lowest BCUT2D eigenvalue weighted by atomic mass is 10.1. The number of halogens is 1. The van der Waals surface area contributed by atoms with E-state index in [4.69, 9.17) is 9.84 Å². The van der Waals surface area contributed by atoms with Gasteiger partial charge in [0.1, 0.15) is 24.6 Å². The molecule has 3 fully saturated rings. The predicted octanol–water partition coefficient (Wildman–Crippen LogP) is 4.07. The molecule has 0 spiro atoms. The highest BCUT2D eigenvalue weighted by Gasteiger charge is 2.35. The normalized spacial score (nSPS) is 20.0. The molecule has 2 saturated carbocycles. The molecule has 9 heteroatoms. The van der Waals surface area contributed by atoms with E-state index in [1.54, 1.807) is 12.1 Å². The highest BCUT2D eigenvalue weighted by atomic mass is 32.2. The first-order valence-electron chi connectivity index (χ1n) is 11.6. The number of nitrogens with one attached hydrogen (secondary N) is 1. The van der Waals surface area contributed by atoms with E-state index in [1.165, 1.54) is 17.1 Å². The van der Waals surface area contributed by atoms with Crippen molar-refractivity contribution >= 4 is 22.8 Å². The van der Waals surface area contributed by atoms with E-state index in [1.807, 2.05) is 41.1 Å². The van der Waals surface area contributed by atoms with Crippen LogP contribution in [-0.4, -0.2) is 26.4 Å². The van der Waals surface area contributed by atoms with Gasteiger partial charge in [0.15, 0.2) is 5.82 Å². The highest BCUT2D eigenvalue weighted by molar-refractivity contribution is 7.85. The number of hydrogen-bond donors (Lipinski definition) is 1. The lowest BCUT2D eigenvalue weighted by molar-refractivity contribution is -0.117. The fraction of sp³-hybridized carbons (Fsp3) is 0.360. The van der Waals surface area contributed by atoms with E-state index in [-0.39, 0.29) is 24.6 Å². The summed E-state index contributed by atoms with van der Waals surface area (Å²) in [6, 6.07) is 14.9. The number of benzene rings is 2. The first-order valence-corrected chi connectivity index (χ1v) is 12.7. The summed E-state index contributed by atoms with van der Waals surface area (Å²) in [6.45, 7) is 0.877. The van der Waals surface area contributed by atoms with Gasteiger partial charge in [-0.15, -0.1) is 0 Å². The molecular formula is C25H25FN4O3S. The number of carbonyl (C=O) groups excluding carboxylic acids is 1. The summed E-state index contributed by atoms with van der Waals surface area (Å²) in [7, 11) is 0. The zero-order valence-corrected chi connectivity index (χ0v) is 19.4. The van der Waals surface area contributed by atoms with Gasteiger partial charge in [-0.1, -0.05) is 30.3 Å². The third kappa shape index (κ3) is 4.20. The topological polar surface area (TPSA) is 76.5 Å². The lowest BCUT2D eigenvalue weighted by Gasteiger charge is -2.20. The van der Waals surface area contributed by atoms with Gasteiger partial charge in [0, 0.05) is 23.7 Å². The average Bonchev–Trinajstić information content (AvgIpc) is 3.76.